The van der Waals surface area contributed by atoms with E-state index in [1.165, 1.54) is 7.11 Å². The highest BCUT2D eigenvalue weighted by molar-refractivity contribution is 5.94. The predicted octanol–water partition coefficient (Wildman–Crippen LogP) is 0.922. The molecule has 0 aromatic heterocycles. The zero-order valence-corrected chi connectivity index (χ0v) is 7.13. The standard InChI is InChI=1S/C9H12O3/c1-3-8(10)6-4-5-7-9(11)12-2/h1H,4-7H2,2H3. The van der Waals surface area contributed by atoms with E-state index in [1.807, 2.05) is 5.92 Å². The molecule has 0 heterocycles. The van der Waals surface area contributed by atoms with Crippen LogP contribution in [0.3, 0.4) is 0 Å². The SMILES string of the molecule is C#CC(=O)CCCCC(=O)OC. The number of rotatable bonds is 5. The van der Waals surface area contributed by atoms with Gasteiger partial charge in [0.1, 0.15) is 0 Å². The molecule has 0 spiro atoms. The van der Waals surface area contributed by atoms with Crippen LogP contribution in [0.25, 0.3) is 0 Å². The lowest BCUT2D eigenvalue weighted by molar-refractivity contribution is -0.140. The Bertz CT molecular complexity index is 200. The van der Waals surface area contributed by atoms with Crippen LogP contribution in [0, 0.1) is 12.3 Å². The van der Waals surface area contributed by atoms with Crippen molar-refractivity contribution in [2.75, 3.05) is 7.11 Å². The van der Waals surface area contributed by atoms with Crippen LogP contribution >= 0.6 is 0 Å². The Morgan fingerprint density at radius 3 is 2.42 bits per heavy atom. The first-order chi connectivity index (χ1) is 5.70. The van der Waals surface area contributed by atoms with Crippen LogP contribution in [-0.4, -0.2) is 18.9 Å². The number of carbonyl (C=O) groups excluding carboxylic acids is 2. The number of carbonyl (C=O) groups is 2. The number of terminal acetylenes is 1. The van der Waals surface area contributed by atoms with Gasteiger partial charge in [-0.2, -0.15) is 0 Å². The summed E-state index contributed by atoms with van der Waals surface area (Å²) >= 11 is 0. The van der Waals surface area contributed by atoms with Crippen LogP contribution in [-0.2, 0) is 14.3 Å². The third-order valence-electron chi connectivity index (χ3n) is 1.42. The molecular formula is C9H12O3. The third-order valence-corrected chi connectivity index (χ3v) is 1.42. The van der Waals surface area contributed by atoms with Gasteiger partial charge in [0.25, 0.3) is 0 Å². The molecular weight excluding hydrogens is 156 g/mol. The molecule has 0 amide bonds. The van der Waals surface area contributed by atoms with E-state index in [-0.39, 0.29) is 11.8 Å². The summed E-state index contributed by atoms with van der Waals surface area (Å²) in [5, 5.41) is 0. The molecule has 0 aromatic rings. The molecule has 0 aliphatic heterocycles. The van der Waals surface area contributed by atoms with Crippen LogP contribution in [0.2, 0.25) is 0 Å². The van der Waals surface area contributed by atoms with Crippen molar-refractivity contribution >= 4 is 11.8 Å². The third kappa shape index (κ3) is 5.48. The lowest BCUT2D eigenvalue weighted by Gasteiger charge is -1.96. The number of ether oxygens (including phenoxy) is 1. The minimum atomic E-state index is -0.247. The number of unbranched alkanes of at least 4 members (excludes halogenated alkanes) is 1. The molecule has 66 valence electrons. The molecule has 0 N–H and O–H groups in total. The minimum absolute atomic E-state index is 0.208. The Kier molecular flexibility index (Phi) is 5.72. The van der Waals surface area contributed by atoms with E-state index < -0.39 is 0 Å². The van der Waals surface area contributed by atoms with E-state index >= 15 is 0 Å². The van der Waals surface area contributed by atoms with Gasteiger partial charge in [0.15, 0.2) is 0 Å². The first kappa shape index (κ1) is 10.7. The normalized spacial score (nSPS) is 8.67. The first-order valence-corrected chi connectivity index (χ1v) is 3.77. The summed E-state index contributed by atoms with van der Waals surface area (Å²) in [7, 11) is 1.34. The van der Waals surface area contributed by atoms with Crippen molar-refractivity contribution in [2.45, 2.75) is 25.7 Å². The van der Waals surface area contributed by atoms with E-state index in [1.54, 1.807) is 0 Å². The Labute approximate surface area is 72.1 Å². The second-order valence-electron chi connectivity index (χ2n) is 2.35. The van der Waals surface area contributed by atoms with Gasteiger partial charge in [0.05, 0.1) is 7.11 Å². The van der Waals surface area contributed by atoms with Crippen LogP contribution in [0.15, 0.2) is 0 Å². The van der Waals surface area contributed by atoms with Gasteiger partial charge in [-0.05, 0) is 18.8 Å². The van der Waals surface area contributed by atoms with Crippen molar-refractivity contribution < 1.29 is 14.3 Å². The van der Waals surface area contributed by atoms with Gasteiger partial charge in [-0.3, -0.25) is 9.59 Å². The van der Waals surface area contributed by atoms with E-state index in [0.717, 1.165) is 0 Å². The number of esters is 1. The van der Waals surface area contributed by atoms with Crippen molar-refractivity contribution in [1.82, 2.24) is 0 Å². The van der Waals surface area contributed by atoms with Crippen molar-refractivity contribution in [3.05, 3.63) is 0 Å². The maximum absolute atomic E-state index is 10.6. The first-order valence-electron chi connectivity index (χ1n) is 3.77. The number of methoxy groups -OCH3 is 1. The molecule has 0 aromatic carbocycles. The fourth-order valence-corrected chi connectivity index (χ4v) is 0.729. The average Bonchev–Trinajstić information content (AvgIpc) is 2.11. The topological polar surface area (TPSA) is 43.4 Å². The molecule has 0 fully saturated rings. The summed E-state index contributed by atoms with van der Waals surface area (Å²) in [6.07, 6.45) is 6.86. The Balaban J connectivity index is 3.29. The highest BCUT2D eigenvalue weighted by Gasteiger charge is 2.01. The minimum Gasteiger partial charge on any atom is -0.469 e. The largest absolute Gasteiger partial charge is 0.469 e. The lowest BCUT2D eigenvalue weighted by Crippen LogP contribution is -2.00. The zero-order valence-electron chi connectivity index (χ0n) is 7.13. The number of ketones is 1. The van der Waals surface area contributed by atoms with Crippen LogP contribution in [0.1, 0.15) is 25.7 Å². The lowest BCUT2D eigenvalue weighted by atomic mass is 10.1. The molecule has 3 nitrogen and oxygen atoms in total. The molecule has 0 unspecified atom stereocenters. The quantitative estimate of drug-likeness (QED) is 0.265. The number of hydrogen-bond donors (Lipinski definition) is 0. The fraction of sp³-hybridized carbons (Fsp3) is 0.556. The summed E-state index contributed by atoms with van der Waals surface area (Å²) in [6.45, 7) is 0. The summed E-state index contributed by atoms with van der Waals surface area (Å²) < 4.78 is 4.42. The van der Waals surface area contributed by atoms with E-state index in [9.17, 15) is 9.59 Å². The van der Waals surface area contributed by atoms with E-state index in [2.05, 4.69) is 4.74 Å². The molecule has 12 heavy (non-hydrogen) atoms. The Morgan fingerprint density at radius 1 is 1.33 bits per heavy atom. The van der Waals surface area contributed by atoms with Crippen LogP contribution in [0.4, 0.5) is 0 Å². The van der Waals surface area contributed by atoms with Crippen molar-refractivity contribution in [1.29, 1.82) is 0 Å². The average molecular weight is 168 g/mol. The smallest absolute Gasteiger partial charge is 0.305 e. The molecule has 0 bridgehead atoms. The molecule has 0 aliphatic carbocycles. The van der Waals surface area contributed by atoms with Crippen LogP contribution in [0.5, 0.6) is 0 Å². The highest BCUT2D eigenvalue weighted by Crippen LogP contribution is 2.00. The Morgan fingerprint density at radius 2 is 1.92 bits per heavy atom. The van der Waals surface area contributed by atoms with Gasteiger partial charge in [0.2, 0.25) is 5.78 Å². The monoisotopic (exact) mass is 168 g/mol. The van der Waals surface area contributed by atoms with Crippen LogP contribution < -0.4 is 0 Å². The second-order valence-corrected chi connectivity index (χ2v) is 2.35. The second kappa shape index (κ2) is 6.41. The number of hydrogen-bond acceptors (Lipinski definition) is 3. The zero-order chi connectivity index (χ0) is 9.40. The maximum Gasteiger partial charge on any atom is 0.305 e. The van der Waals surface area contributed by atoms with Gasteiger partial charge >= 0.3 is 5.97 Å². The van der Waals surface area contributed by atoms with Crippen molar-refractivity contribution in [2.24, 2.45) is 0 Å². The Hall–Kier alpha value is -1.30. The summed E-state index contributed by atoms with van der Waals surface area (Å²) in [5.74, 6) is 1.56. The summed E-state index contributed by atoms with van der Waals surface area (Å²) in [4.78, 5) is 21.2. The molecule has 0 atom stereocenters. The summed E-state index contributed by atoms with van der Waals surface area (Å²) in [6, 6.07) is 0. The van der Waals surface area contributed by atoms with Gasteiger partial charge in [-0.1, -0.05) is 0 Å². The molecule has 0 rings (SSSR count). The molecule has 0 saturated carbocycles. The molecule has 0 aliphatic rings. The van der Waals surface area contributed by atoms with E-state index in [0.29, 0.717) is 25.7 Å². The molecule has 3 heteroatoms. The van der Waals surface area contributed by atoms with Crippen molar-refractivity contribution in [3.8, 4) is 12.3 Å². The fourth-order valence-electron chi connectivity index (χ4n) is 0.729. The predicted molar refractivity (Wildman–Crippen MR) is 44.3 cm³/mol. The van der Waals surface area contributed by atoms with Gasteiger partial charge in [-0.25, -0.2) is 0 Å². The highest BCUT2D eigenvalue weighted by atomic mass is 16.5. The van der Waals surface area contributed by atoms with Gasteiger partial charge < -0.3 is 4.74 Å². The van der Waals surface area contributed by atoms with Crippen molar-refractivity contribution in [3.63, 3.8) is 0 Å². The summed E-state index contributed by atoms with van der Waals surface area (Å²) in [5.41, 5.74) is 0. The van der Waals surface area contributed by atoms with Gasteiger partial charge in [0, 0.05) is 12.8 Å². The molecule has 0 radical (unpaired) electrons. The van der Waals surface area contributed by atoms with Gasteiger partial charge in [-0.15, -0.1) is 6.42 Å². The molecule has 0 saturated heterocycles. The maximum atomic E-state index is 10.6. The van der Waals surface area contributed by atoms with E-state index in [4.69, 9.17) is 6.42 Å². The number of Topliss-reactive ketones (excluding diaryl/α,β-unsaturated/α-hetero) is 1.